The zero-order chi connectivity index (χ0) is 23.5. The molecule has 0 unspecified atom stereocenters. The summed E-state index contributed by atoms with van der Waals surface area (Å²) in [6, 6.07) is 0. The molecule has 4 heterocycles. The van der Waals surface area contributed by atoms with Gasteiger partial charge in [-0.25, -0.2) is 4.99 Å². The van der Waals surface area contributed by atoms with Crippen molar-refractivity contribution in [1.29, 1.82) is 0 Å². The van der Waals surface area contributed by atoms with Crippen molar-refractivity contribution in [1.82, 2.24) is 19.8 Å². The third-order valence-corrected chi connectivity index (χ3v) is 6.55. The number of likely N-dealkylation sites (tertiary alicyclic amines) is 1. The number of amidine groups is 1. The average Bonchev–Trinajstić information content (AvgIpc) is 2.81. The van der Waals surface area contributed by atoms with Gasteiger partial charge in [-0.1, -0.05) is 26.0 Å². The number of aliphatic imine (C=N–C) groups is 1. The number of aryl methyl sites for hydroxylation is 2. The van der Waals surface area contributed by atoms with Gasteiger partial charge in [-0.3, -0.25) is 9.97 Å². The summed E-state index contributed by atoms with van der Waals surface area (Å²) in [6.45, 7) is 10.7. The standard InChI is InChI=1S/C27H36N6/c1-6-8-22-14-25(23(28)15-26-24(7-2)30-19(4)16-29-26)31-27-18(3)13-21(17-33(22)27)20-9-11-32(5)12-10-20/h8,13-17,20H,6-7,9-12,28H2,1-5H3/b22-8-,23-15?. The predicted molar refractivity (Wildman–Crippen MR) is 136 cm³/mol. The van der Waals surface area contributed by atoms with Crippen LogP contribution in [0.5, 0.6) is 0 Å². The summed E-state index contributed by atoms with van der Waals surface area (Å²) in [5.74, 6) is 1.55. The third-order valence-electron chi connectivity index (χ3n) is 6.55. The van der Waals surface area contributed by atoms with Crippen molar-refractivity contribution in [3.63, 3.8) is 0 Å². The largest absolute Gasteiger partial charge is 0.397 e. The number of aromatic nitrogens is 2. The summed E-state index contributed by atoms with van der Waals surface area (Å²) in [7, 11) is 2.21. The molecule has 1 fully saturated rings. The van der Waals surface area contributed by atoms with Gasteiger partial charge in [0.2, 0.25) is 0 Å². The first kappa shape index (κ1) is 23.2. The molecule has 0 saturated carbocycles. The maximum atomic E-state index is 6.56. The normalized spacial score (nSPS) is 21.4. The van der Waals surface area contributed by atoms with E-state index < -0.39 is 0 Å². The van der Waals surface area contributed by atoms with Crippen molar-refractivity contribution in [2.24, 2.45) is 16.6 Å². The second kappa shape index (κ2) is 9.87. The lowest BCUT2D eigenvalue weighted by Gasteiger charge is -2.36. The van der Waals surface area contributed by atoms with E-state index in [-0.39, 0.29) is 0 Å². The van der Waals surface area contributed by atoms with Gasteiger partial charge in [0, 0.05) is 18.1 Å². The highest BCUT2D eigenvalue weighted by Crippen LogP contribution is 2.34. The van der Waals surface area contributed by atoms with E-state index in [0.717, 1.165) is 60.2 Å². The number of nitrogens with zero attached hydrogens (tertiary/aromatic N) is 5. The van der Waals surface area contributed by atoms with E-state index in [2.05, 4.69) is 72.0 Å². The molecule has 3 aliphatic rings. The second-order valence-electron chi connectivity index (χ2n) is 9.20. The van der Waals surface area contributed by atoms with Crippen molar-refractivity contribution in [3.05, 3.63) is 75.9 Å². The molecule has 33 heavy (non-hydrogen) atoms. The molecule has 2 N–H and O–H groups in total. The fraction of sp³-hybridized carbons (Fsp3) is 0.444. The van der Waals surface area contributed by atoms with Gasteiger partial charge in [0.1, 0.15) is 5.84 Å². The highest BCUT2D eigenvalue weighted by Gasteiger charge is 2.28. The molecule has 3 aliphatic heterocycles. The number of allylic oxidation sites excluding steroid dienone is 4. The van der Waals surface area contributed by atoms with Crippen LogP contribution >= 0.6 is 0 Å². The van der Waals surface area contributed by atoms with E-state index in [9.17, 15) is 0 Å². The molecule has 0 radical (unpaired) electrons. The minimum absolute atomic E-state index is 0.600. The van der Waals surface area contributed by atoms with Crippen molar-refractivity contribution in [2.75, 3.05) is 20.1 Å². The SMILES string of the molecule is CC/C=C1/C=C(C(N)=Cc2ncc(C)nc2CC)N=C2C(C)=CC(C3CCN(C)CC3)=CN21. The molecule has 0 amide bonds. The molecule has 6 heteroatoms. The Morgan fingerprint density at radius 1 is 1.18 bits per heavy atom. The van der Waals surface area contributed by atoms with Gasteiger partial charge in [-0.2, -0.15) is 0 Å². The minimum Gasteiger partial charge on any atom is -0.397 e. The van der Waals surface area contributed by atoms with Crippen LogP contribution < -0.4 is 5.73 Å². The maximum Gasteiger partial charge on any atom is 0.140 e. The fourth-order valence-corrected chi connectivity index (χ4v) is 4.66. The zero-order valence-corrected chi connectivity index (χ0v) is 20.6. The van der Waals surface area contributed by atoms with Gasteiger partial charge in [-0.05, 0) is 88.9 Å². The van der Waals surface area contributed by atoms with Crippen LogP contribution in [0.15, 0.2) is 63.9 Å². The summed E-state index contributed by atoms with van der Waals surface area (Å²) in [4.78, 5) is 18.8. The van der Waals surface area contributed by atoms with Crippen molar-refractivity contribution >= 4 is 11.9 Å². The minimum atomic E-state index is 0.600. The van der Waals surface area contributed by atoms with Crippen LogP contribution in [0.3, 0.4) is 0 Å². The van der Waals surface area contributed by atoms with Crippen LogP contribution in [0.4, 0.5) is 0 Å². The molecule has 1 aromatic rings. The van der Waals surface area contributed by atoms with Gasteiger partial charge in [-0.15, -0.1) is 0 Å². The molecular weight excluding hydrogens is 408 g/mol. The van der Waals surface area contributed by atoms with E-state index in [4.69, 9.17) is 10.7 Å². The Morgan fingerprint density at radius 2 is 1.94 bits per heavy atom. The molecule has 1 saturated heterocycles. The van der Waals surface area contributed by atoms with Crippen LogP contribution in [-0.2, 0) is 6.42 Å². The molecule has 0 aromatic carbocycles. The highest BCUT2D eigenvalue weighted by atomic mass is 15.2. The number of fused-ring (bicyclic) bond motifs is 1. The van der Waals surface area contributed by atoms with Crippen LogP contribution in [0.25, 0.3) is 6.08 Å². The number of nitrogens with two attached hydrogens (primary N) is 1. The Hall–Kier alpha value is -2.99. The molecule has 0 bridgehead atoms. The Balaban J connectivity index is 1.67. The van der Waals surface area contributed by atoms with Gasteiger partial charge in [0.25, 0.3) is 0 Å². The van der Waals surface area contributed by atoms with Gasteiger partial charge < -0.3 is 15.5 Å². The molecular formula is C27H36N6. The van der Waals surface area contributed by atoms with E-state index in [1.54, 1.807) is 6.20 Å². The second-order valence-corrected chi connectivity index (χ2v) is 9.20. The summed E-state index contributed by atoms with van der Waals surface area (Å²) in [5.41, 5.74) is 14.3. The van der Waals surface area contributed by atoms with Gasteiger partial charge >= 0.3 is 0 Å². The first-order valence-corrected chi connectivity index (χ1v) is 12.1. The fourth-order valence-electron chi connectivity index (χ4n) is 4.66. The van der Waals surface area contributed by atoms with Crippen LogP contribution in [0.1, 0.15) is 57.1 Å². The maximum absolute atomic E-state index is 6.56. The lowest BCUT2D eigenvalue weighted by Crippen LogP contribution is -2.35. The summed E-state index contributed by atoms with van der Waals surface area (Å²) < 4.78 is 0. The molecule has 0 aliphatic carbocycles. The van der Waals surface area contributed by atoms with Crippen molar-refractivity contribution < 1.29 is 0 Å². The number of hydrogen-bond donors (Lipinski definition) is 1. The van der Waals surface area contributed by atoms with Crippen LogP contribution in [0.2, 0.25) is 0 Å². The number of rotatable bonds is 5. The van der Waals surface area contributed by atoms with E-state index in [1.807, 2.05) is 13.0 Å². The monoisotopic (exact) mass is 444 g/mol. The third kappa shape index (κ3) is 5.01. The number of hydrogen-bond acceptors (Lipinski definition) is 6. The molecule has 174 valence electrons. The number of piperidine rings is 1. The lowest BCUT2D eigenvalue weighted by atomic mass is 9.87. The van der Waals surface area contributed by atoms with Gasteiger partial charge in [0.05, 0.1) is 28.5 Å². The molecule has 1 aromatic heterocycles. The van der Waals surface area contributed by atoms with Crippen molar-refractivity contribution in [2.45, 2.75) is 53.4 Å². The Morgan fingerprint density at radius 3 is 2.64 bits per heavy atom. The molecule has 0 atom stereocenters. The first-order chi connectivity index (χ1) is 15.9. The van der Waals surface area contributed by atoms with Crippen LogP contribution in [0, 0.1) is 12.8 Å². The summed E-state index contributed by atoms with van der Waals surface area (Å²) in [5, 5.41) is 0. The topological polar surface area (TPSA) is 70.6 Å². The van der Waals surface area contributed by atoms with E-state index in [0.29, 0.717) is 11.6 Å². The Bertz CT molecular complexity index is 1090. The molecule has 0 spiro atoms. The summed E-state index contributed by atoms with van der Waals surface area (Å²) in [6.07, 6.45) is 16.8. The zero-order valence-electron chi connectivity index (χ0n) is 20.6. The van der Waals surface area contributed by atoms with Crippen LogP contribution in [-0.4, -0.2) is 45.7 Å². The quantitative estimate of drug-likeness (QED) is 0.711. The Labute approximate surface area is 198 Å². The average molecular weight is 445 g/mol. The Kier molecular flexibility index (Phi) is 6.94. The first-order valence-electron chi connectivity index (χ1n) is 12.1. The van der Waals surface area contributed by atoms with Gasteiger partial charge in [0.15, 0.2) is 0 Å². The van der Waals surface area contributed by atoms with Crippen molar-refractivity contribution in [3.8, 4) is 0 Å². The lowest BCUT2D eigenvalue weighted by molar-refractivity contribution is 0.239. The summed E-state index contributed by atoms with van der Waals surface area (Å²) >= 11 is 0. The van der Waals surface area contributed by atoms with E-state index in [1.165, 1.54) is 24.0 Å². The van der Waals surface area contributed by atoms with E-state index >= 15 is 0 Å². The highest BCUT2D eigenvalue weighted by molar-refractivity contribution is 6.03. The smallest absolute Gasteiger partial charge is 0.140 e. The predicted octanol–water partition coefficient (Wildman–Crippen LogP) is 4.72. The molecule has 6 nitrogen and oxygen atoms in total. The molecule has 4 rings (SSSR count).